The van der Waals surface area contributed by atoms with Gasteiger partial charge < -0.3 is 4.90 Å². The van der Waals surface area contributed by atoms with Crippen molar-refractivity contribution in [3.05, 3.63) is 30.2 Å². The van der Waals surface area contributed by atoms with E-state index < -0.39 is 0 Å². The summed E-state index contributed by atoms with van der Waals surface area (Å²) in [5.74, 6) is 1.28. The molecule has 8 nitrogen and oxygen atoms in total. The molecular weight excluding hydrogens is 370 g/mol. The molecule has 0 aromatic carbocycles. The molecule has 1 aliphatic carbocycles. The molecule has 0 radical (unpaired) electrons. The molecule has 4 rings (SSSR count). The highest BCUT2D eigenvalue weighted by atomic mass is 16.5. The average Bonchev–Trinajstić information content (AvgIpc) is 3.19. The number of carbonyl (C=O) groups is 2. The Hall–Kier alpha value is -2.48. The molecule has 2 aliphatic rings. The van der Waals surface area contributed by atoms with Gasteiger partial charge >= 0.3 is 0 Å². The standard InChI is InChI=1S/C13H14N4O.C8H17NO2/c18-9-16-8-13(4-5-13)7-10(16)12-15-14-11-3-1-2-6-17(11)12;1-3-4-5-8(2)6-9(11)7-10/h1-3,6,9-10H,4-5,7-8H2;7-8,11H,3-6H2,1-2H3. The van der Waals surface area contributed by atoms with Gasteiger partial charge in [0.2, 0.25) is 12.8 Å². The molecule has 8 heteroatoms. The van der Waals surface area contributed by atoms with Gasteiger partial charge in [0.25, 0.3) is 0 Å². The Bertz CT molecular complexity index is 820. The average molecular weight is 402 g/mol. The highest BCUT2D eigenvalue weighted by Gasteiger charge is 2.53. The van der Waals surface area contributed by atoms with Crippen molar-refractivity contribution in [3.8, 4) is 0 Å². The number of fused-ring (bicyclic) bond motifs is 1. The third kappa shape index (κ3) is 5.12. The van der Waals surface area contributed by atoms with E-state index in [1.165, 1.54) is 12.8 Å². The summed E-state index contributed by atoms with van der Waals surface area (Å²) in [7, 11) is 0. The number of pyridine rings is 1. The van der Waals surface area contributed by atoms with Crippen LogP contribution in [0.2, 0.25) is 0 Å². The SMILES string of the molecule is CCCCC(C)CN(O)C=O.O=CN1CC2(CC2)CC1c1nnc2ccccn12. The number of rotatable bonds is 8. The van der Waals surface area contributed by atoms with Gasteiger partial charge in [-0.05, 0) is 49.1 Å². The van der Waals surface area contributed by atoms with E-state index in [1.807, 2.05) is 40.6 Å². The molecule has 2 amide bonds. The topological polar surface area (TPSA) is 91.0 Å². The minimum Gasteiger partial charge on any atom is -0.334 e. The number of unbranched alkanes of at least 4 members (excludes halogenated alkanes) is 1. The lowest BCUT2D eigenvalue weighted by molar-refractivity contribution is -0.152. The number of hydroxylamine groups is 2. The van der Waals surface area contributed by atoms with Crippen molar-refractivity contribution >= 4 is 18.5 Å². The third-order valence-electron chi connectivity index (χ3n) is 5.95. The summed E-state index contributed by atoms with van der Waals surface area (Å²) < 4.78 is 1.99. The van der Waals surface area contributed by atoms with Crippen molar-refractivity contribution in [3.63, 3.8) is 0 Å². The van der Waals surface area contributed by atoms with Crippen LogP contribution in [0.1, 0.15) is 64.2 Å². The summed E-state index contributed by atoms with van der Waals surface area (Å²) in [6, 6.07) is 5.93. The first-order chi connectivity index (χ1) is 14.0. The second-order valence-electron chi connectivity index (χ2n) is 8.46. The van der Waals surface area contributed by atoms with Crippen molar-refractivity contribution in [2.45, 2.75) is 58.4 Å². The minimum absolute atomic E-state index is 0.0856. The van der Waals surface area contributed by atoms with E-state index in [9.17, 15) is 9.59 Å². The number of hydrogen-bond donors (Lipinski definition) is 1. The maximum Gasteiger partial charge on any atom is 0.233 e. The number of carbonyl (C=O) groups excluding carboxylic acids is 2. The van der Waals surface area contributed by atoms with Crippen LogP contribution in [0.4, 0.5) is 0 Å². The Kier molecular flexibility index (Phi) is 6.84. The highest BCUT2D eigenvalue weighted by Crippen LogP contribution is 2.57. The second kappa shape index (κ2) is 9.35. The zero-order chi connectivity index (χ0) is 20.9. The van der Waals surface area contributed by atoms with E-state index in [4.69, 9.17) is 5.21 Å². The zero-order valence-electron chi connectivity index (χ0n) is 17.3. The van der Waals surface area contributed by atoms with Crippen LogP contribution in [0.15, 0.2) is 24.4 Å². The smallest absolute Gasteiger partial charge is 0.233 e. The molecule has 1 saturated heterocycles. The van der Waals surface area contributed by atoms with Crippen LogP contribution in [0.3, 0.4) is 0 Å². The van der Waals surface area contributed by atoms with Crippen LogP contribution in [-0.4, -0.2) is 55.7 Å². The van der Waals surface area contributed by atoms with E-state index in [1.54, 1.807) is 0 Å². The van der Waals surface area contributed by atoms with Crippen molar-refractivity contribution in [2.75, 3.05) is 13.1 Å². The molecule has 1 aliphatic heterocycles. The molecular formula is C21H31N5O3. The van der Waals surface area contributed by atoms with Crippen LogP contribution in [0.5, 0.6) is 0 Å². The fourth-order valence-electron chi connectivity index (χ4n) is 4.07. The summed E-state index contributed by atoms with van der Waals surface area (Å²) in [5, 5.41) is 18.0. The molecule has 2 aromatic heterocycles. The van der Waals surface area contributed by atoms with Crippen molar-refractivity contribution in [1.29, 1.82) is 0 Å². The van der Waals surface area contributed by atoms with E-state index in [2.05, 4.69) is 17.1 Å². The molecule has 1 saturated carbocycles. The maximum absolute atomic E-state index is 11.2. The molecule has 2 unspecified atom stereocenters. The quantitative estimate of drug-likeness (QED) is 0.417. The molecule has 2 atom stereocenters. The fourth-order valence-corrected chi connectivity index (χ4v) is 4.07. The highest BCUT2D eigenvalue weighted by molar-refractivity contribution is 5.50. The summed E-state index contributed by atoms with van der Waals surface area (Å²) in [4.78, 5) is 23.1. The molecule has 2 fully saturated rings. The van der Waals surface area contributed by atoms with Gasteiger partial charge in [-0.1, -0.05) is 32.8 Å². The predicted molar refractivity (Wildman–Crippen MR) is 108 cm³/mol. The van der Waals surface area contributed by atoms with Crippen molar-refractivity contribution in [2.24, 2.45) is 11.3 Å². The molecule has 1 N–H and O–H groups in total. The van der Waals surface area contributed by atoms with Gasteiger partial charge in [0.1, 0.15) is 0 Å². The van der Waals surface area contributed by atoms with E-state index >= 15 is 0 Å². The zero-order valence-corrected chi connectivity index (χ0v) is 17.3. The Balaban J connectivity index is 0.000000191. The lowest BCUT2D eigenvalue weighted by atomic mass is 10.0. The van der Waals surface area contributed by atoms with E-state index in [0.29, 0.717) is 29.4 Å². The number of likely N-dealkylation sites (tertiary alicyclic amines) is 1. The van der Waals surface area contributed by atoms with Crippen LogP contribution >= 0.6 is 0 Å². The van der Waals surface area contributed by atoms with Gasteiger partial charge in [-0.15, -0.1) is 10.2 Å². The Morgan fingerprint density at radius 3 is 2.79 bits per heavy atom. The number of aromatic nitrogens is 3. The molecule has 3 heterocycles. The summed E-state index contributed by atoms with van der Waals surface area (Å²) in [5.41, 5.74) is 1.22. The van der Waals surface area contributed by atoms with Crippen LogP contribution in [0.25, 0.3) is 5.65 Å². The summed E-state index contributed by atoms with van der Waals surface area (Å²) >= 11 is 0. The molecule has 2 aromatic rings. The van der Waals surface area contributed by atoms with Gasteiger partial charge in [0.15, 0.2) is 11.5 Å². The van der Waals surface area contributed by atoms with Crippen molar-refractivity contribution < 1.29 is 14.8 Å². The monoisotopic (exact) mass is 401 g/mol. The Labute approximate surface area is 171 Å². The van der Waals surface area contributed by atoms with Crippen molar-refractivity contribution in [1.82, 2.24) is 24.6 Å². The first-order valence-corrected chi connectivity index (χ1v) is 10.4. The lowest BCUT2D eigenvalue weighted by Crippen LogP contribution is -2.23. The second-order valence-corrected chi connectivity index (χ2v) is 8.46. The van der Waals surface area contributed by atoms with Gasteiger partial charge in [0.05, 0.1) is 12.6 Å². The lowest BCUT2D eigenvalue weighted by Gasteiger charge is -2.17. The van der Waals surface area contributed by atoms with Gasteiger partial charge in [0, 0.05) is 12.7 Å². The molecule has 29 heavy (non-hydrogen) atoms. The third-order valence-corrected chi connectivity index (χ3v) is 5.95. The normalized spacial score (nSPS) is 20.2. The van der Waals surface area contributed by atoms with Crippen LogP contribution < -0.4 is 0 Å². The minimum atomic E-state index is 0.0856. The summed E-state index contributed by atoms with van der Waals surface area (Å²) in [6.45, 7) is 5.48. The summed E-state index contributed by atoms with van der Waals surface area (Å²) in [6.07, 6.45) is 10.3. The Morgan fingerprint density at radius 2 is 2.14 bits per heavy atom. The van der Waals surface area contributed by atoms with Crippen LogP contribution in [0, 0.1) is 11.3 Å². The molecule has 0 bridgehead atoms. The maximum atomic E-state index is 11.2. The first-order valence-electron chi connectivity index (χ1n) is 10.4. The first kappa shape index (κ1) is 21.2. The molecule has 158 valence electrons. The van der Waals surface area contributed by atoms with Crippen LogP contribution in [-0.2, 0) is 9.59 Å². The van der Waals surface area contributed by atoms with E-state index in [-0.39, 0.29) is 6.04 Å². The number of amides is 2. The number of nitrogens with zero attached hydrogens (tertiary/aromatic N) is 5. The Morgan fingerprint density at radius 1 is 1.34 bits per heavy atom. The largest absolute Gasteiger partial charge is 0.334 e. The van der Waals surface area contributed by atoms with Gasteiger partial charge in [-0.3, -0.25) is 19.2 Å². The number of hydrogen-bond acceptors (Lipinski definition) is 5. The predicted octanol–water partition coefficient (Wildman–Crippen LogP) is 3.07. The molecule has 1 spiro atoms. The fraction of sp³-hybridized carbons (Fsp3) is 0.619. The van der Waals surface area contributed by atoms with E-state index in [0.717, 1.165) is 50.1 Å². The van der Waals surface area contributed by atoms with Gasteiger partial charge in [-0.2, -0.15) is 0 Å². The van der Waals surface area contributed by atoms with Gasteiger partial charge in [-0.25, -0.2) is 5.06 Å².